The van der Waals surface area contributed by atoms with Gasteiger partial charge in [-0.2, -0.15) is 0 Å². The Labute approximate surface area is 210 Å². The number of thioether (sulfide) groups is 1. The van der Waals surface area contributed by atoms with Crippen LogP contribution >= 0.6 is 11.8 Å². The molecule has 0 saturated carbocycles. The van der Waals surface area contributed by atoms with Crippen LogP contribution in [0.15, 0.2) is 48.5 Å². The van der Waals surface area contributed by atoms with Gasteiger partial charge >= 0.3 is 11.9 Å². The summed E-state index contributed by atoms with van der Waals surface area (Å²) in [7, 11) is 0. The van der Waals surface area contributed by atoms with Gasteiger partial charge in [0.1, 0.15) is 41.0 Å². The zero-order chi connectivity index (χ0) is 26.4. The fourth-order valence-electron chi connectivity index (χ4n) is 4.28. The maximum Gasteiger partial charge on any atom is 0.332 e. The number of phenols is 1. The fraction of sp³-hybridized carbons (Fsp3) is 0.333. The number of fused-ring (bicyclic) bond motifs is 1. The van der Waals surface area contributed by atoms with E-state index in [1.807, 2.05) is 0 Å². The zero-order valence-corrected chi connectivity index (χ0v) is 20.3. The van der Waals surface area contributed by atoms with Gasteiger partial charge in [0.25, 0.3) is 0 Å². The summed E-state index contributed by atoms with van der Waals surface area (Å²) in [5.41, 5.74) is 12.9. The first-order valence-electron chi connectivity index (χ1n) is 11.1. The molecule has 2 aliphatic heterocycles. The third-order valence-electron chi connectivity index (χ3n) is 6.22. The number of carboxylic acid groups (broad SMARTS) is 1. The number of aliphatic carboxylic acids is 1. The van der Waals surface area contributed by atoms with Gasteiger partial charge in [0.15, 0.2) is 0 Å². The van der Waals surface area contributed by atoms with E-state index < -0.39 is 58.0 Å². The molecule has 190 valence electrons. The summed E-state index contributed by atoms with van der Waals surface area (Å²) in [5.74, 6) is -2.61. The first kappa shape index (κ1) is 25.5. The number of hydrogen-bond donors (Lipinski definition) is 5. The molecule has 5 atom stereocenters. The average molecular weight is 515 g/mol. The highest BCUT2D eigenvalue weighted by Gasteiger charge is 2.64. The summed E-state index contributed by atoms with van der Waals surface area (Å²) in [6.45, 7) is 3.50. The Balaban J connectivity index is 1.35. The highest BCUT2D eigenvalue weighted by Crippen LogP contribution is 2.50. The van der Waals surface area contributed by atoms with Crippen LogP contribution in [0, 0.1) is 0 Å². The molecule has 0 spiro atoms. The molecule has 0 bridgehead atoms. The van der Waals surface area contributed by atoms with Crippen LogP contribution in [0.3, 0.4) is 0 Å². The number of carbonyl (C=O) groups is 4. The topological polar surface area (TPSA) is 185 Å². The van der Waals surface area contributed by atoms with Crippen LogP contribution in [-0.4, -0.2) is 61.1 Å². The van der Waals surface area contributed by atoms with Gasteiger partial charge in [-0.15, -0.1) is 11.8 Å². The largest absolute Gasteiger partial charge is 0.508 e. The van der Waals surface area contributed by atoms with E-state index in [4.69, 9.17) is 16.2 Å². The highest BCUT2D eigenvalue weighted by molar-refractivity contribution is 8.01. The Bertz CT molecular complexity index is 1200. The van der Waals surface area contributed by atoms with Crippen molar-refractivity contribution in [3.8, 4) is 11.5 Å². The lowest BCUT2D eigenvalue weighted by Gasteiger charge is -2.43. The number of nitrogens with one attached hydrogen (secondary N) is 1. The lowest BCUT2D eigenvalue weighted by molar-refractivity contribution is -0.161. The Kier molecular flexibility index (Phi) is 6.69. The van der Waals surface area contributed by atoms with Crippen molar-refractivity contribution in [3.05, 3.63) is 59.7 Å². The number of nitrogens with two attached hydrogens (primary N) is 2. The van der Waals surface area contributed by atoms with Crippen molar-refractivity contribution in [2.75, 3.05) is 0 Å². The Morgan fingerprint density at radius 2 is 1.58 bits per heavy atom. The molecule has 11 nitrogen and oxygen atoms in total. The Morgan fingerprint density at radius 3 is 2.17 bits per heavy atom. The van der Waals surface area contributed by atoms with Crippen LogP contribution in [0.2, 0.25) is 0 Å². The van der Waals surface area contributed by atoms with E-state index in [9.17, 15) is 29.4 Å². The summed E-state index contributed by atoms with van der Waals surface area (Å²) in [5, 5.41) is 21.0. The lowest BCUT2D eigenvalue weighted by Crippen LogP contribution is -2.71. The number of phenolic OH excluding ortho intramolecular Hbond substituents is 1. The molecule has 2 heterocycles. The lowest BCUT2D eigenvalue weighted by atomic mass is 9.95. The van der Waals surface area contributed by atoms with Gasteiger partial charge in [-0.1, -0.05) is 24.3 Å². The molecule has 12 heteroatoms. The number of esters is 1. The van der Waals surface area contributed by atoms with Gasteiger partial charge in [0, 0.05) is 4.75 Å². The number of β-lactam (4-membered cyclic amide) rings is 1. The van der Waals surface area contributed by atoms with E-state index in [0.29, 0.717) is 11.1 Å². The van der Waals surface area contributed by atoms with Crippen molar-refractivity contribution in [2.24, 2.45) is 11.5 Å². The van der Waals surface area contributed by atoms with E-state index in [0.717, 1.165) is 0 Å². The van der Waals surface area contributed by atoms with Gasteiger partial charge < -0.3 is 36.6 Å². The predicted octanol–water partition coefficient (Wildman–Crippen LogP) is 0.629. The quantitative estimate of drug-likeness (QED) is 0.199. The first-order chi connectivity index (χ1) is 16.9. The molecule has 7 N–H and O–H groups in total. The fourth-order valence-corrected chi connectivity index (χ4v) is 5.91. The molecular formula is C24H26N4O7S. The van der Waals surface area contributed by atoms with Crippen LogP contribution in [0.4, 0.5) is 0 Å². The molecule has 2 aromatic rings. The van der Waals surface area contributed by atoms with Crippen LogP contribution in [-0.2, 0) is 19.2 Å². The standard InChI is InChI=1S/C24H26N4O7S/c1-24(2)18(22(32)33)28-20(31)17(21(28)36-24)27-19(30)15(25)11-5-9-14(10-6-11)35-23(34)16(26)12-3-7-13(29)8-4-12/h3-10,15-18,21,29H,25-26H2,1-2H3,(H,27,30)(H,32,33)/t15-,16-,17-,18+,21-/m1/s1. The minimum Gasteiger partial charge on any atom is -0.508 e. The summed E-state index contributed by atoms with van der Waals surface area (Å²) in [6, 6.07) is 7.82. The van der Waals surface area contributed by atoms with Crippen molar-refractivity contribution >= 4 is 35.5 Å². The number of nitrogens with zero attached hydrogens (tertiary/aromatic N) is 1. The summed E-state index contributed by atoms with van der Waals surface area (Å²) in [4.78, 5) is 50.6. The second-order valence-electron chi connectivity index (χ2n) is 9.12. The van der Waals surface area contributed by atoms with E-state index in [1.54, 1.807) is 13.8 Å². The molecule has 2 amide bonds. The normalized spacial score (nSPS) is 23.7. The van der Waals surface area contributed by atoms with Crippen LogP contribution in [0.1, 0.15) is 37.1 Å². The Hall–Kier alpha value is -3.61. The van der Waals surface area contributed by atoms with Crippen molar-refractivity contribution < 1.29 is 34.1 Å². The van der Waals surface area contributed by atoms with Crippen molar-refractivity contribution in [1.82, 2.24) is 10.2 Å². The van der Waals surface area contributed by atoms with E-state index in [1.165, 1.54) is 65.2 Å². The number of amides is 2. The van der Waals surface area contributed by atoms with Gasteiger partial charge in [-0.05, 0) is 49.2 Å². The van der Waals surface area contributed by atoms with Crippen molar-refractivity contribution in [2.45, 2.75) is 48.1 Å². The molecule has 0 aromatic heterocycles. The molecule has 2 aliphatic rings. The average Bonchev–Trinajstić information content (AvgIpc) is 3.10. The van der Waals surface area contributed by atoms with Crippen LogP contribution in [0.5, 0.6) is 11.5 Å². The SMILES string of the molecule is CC1(C)S[C@@H]2[C@H](NC(=O)[C@H](N)c3ccc(OC(=O)[C@H](N)c4ccc(O)cc4)cc3)C(=O)N2[C@H]1C(=O)O. The second-order valence-corrected chi connectivity index (χ2v) is 10.9. The summed E-state index contributed by atoms with van der Waals surface area (Å²) >= 11 is 1.32. The summed E-state index contributed by atoms with van der Waals surface area (Å²) < 4.78 is 4.59. The van der Waals surface area contributed by atoms with Crippen molar-refractivity contribution in [1.29, 1.82) is 0 Å². The summed E-state index contributed by atoms with van der Waals surface area (Å²) in [6.07, 6.45) is 0. The maximum atomic E-state index is 12.7. The monoisotopic (exact) mass is 514 g/mol. The number of benzene rings is 2. The van der Waals surface area contributed by atoms with Gasteiger partial charge in [-0.25, -0.2) is 9.59 Å². The van der Waals surface area contributed by atoms with Gasteiger partial charge in [0.05, 0.1) is 0 Å². The van der Waals surface area contributed by atoms with E-state index >= 15 is 0 Å². The number of aromatic hydroxyl groups is 1. The number of hydrogen-bond acceptors (Lipinski definition) is 9. The Morgan fingerprint density at radius 1 is 1.03 bits per heavy atom. The molecular weight excluding hydrogens is 488 g/mol. The van der Waals surface area contributed by atoms with Gasteiger partial charge in [0.2, 0.25) is 11.8 Å². The number of carbonyl (C=O) groups excluding carboxylic acids is 3. The molecule has 0 unspecified atom stereocenters. The third-order valence-corrected chi connectivity index (χ3v) is 7.79. The molecule has 36 heavy (non-hydrogen) atoms. The molecule has 2 saturated heterocycles. The first-order valence-corrected chi connectivity index (χ1v) is 11.9. The van der Waals surface area contributed by atoms with E-state index in [2.05, 4.69) is 5.32 Å². The third kappa shape index (κ3) is 4.62. The molecule has 2 aromatic carbocycles. The minimum atomic E-state index is -1.11. The predicted molar refractivity (Wildman–Crippen MR) is 130 cm³/mol. The number of ether oxygens (including phenoxy) is 1. The molecule has 0 aliphatic carbocycles. The maximum absolute atomic E-state index is 12.7. The highest BCUT2D eigenvalue weighted by atomic mass is 32.2. The van der Waals surface area contributed by atoms with E-state index in [-0.39, 0.29) is 11.5 Å². The zero-order valence-electron chi connectivity index (χ0n) is 19.5. The van der Waals surface area contributed by atoms with Crippen molar-refractivity contribution in [3.63, 3.8) is 0 Å². The second kappa shape index (κ2) is 9.45. The van der Waals surface area contributed by atoms with Crippen LogP contribution in [0.25, 0.3) is 0 Å². The minimum absolute atomic E-state index is 0.0459. The number of carboxylic acids is 1. The molecule has 2 fully saturated rings. The number of rotatable bonds is 7. The molecule has 0 radical (unpaired) electrons. The smallest absolute Gasteiger partial charge is 0.332 e. The molecule has 4 rings (SSSR count). The van der Waals surface area contributed by atoms with Gasteiger partial charge in [-0.3, -0.25) is 9.59 Å². The van der Waals surface area contributed by atoms with Crippen LogP contribution < -0.4 is 21.5 Å².